The molecule has 4 heteroatoms. The molecular formula is C20H25ClN2O. The second-order valence-electron chi connectivity index (χ2n) is 6.17. The highest BCUT2D eigenvalue weighted by atomic mass is 35.5. The summed E-state index contributed by atoms with van der Waals surface area (Å²) in [5.74, 6) is 0.130. The third-order valence-electron chi connectivity index (χ3n) is 4.44. The predicted octanol–water partition coefficient (Wildman–Crippen LogP) is 3.47. The molecule has 2 aromatic rings. The molecule has 0 aromatic heterocycles. The second kappa shape index (κ2) is 8.86. The molecule has 128 valence electrons. The van der Waals surface area contributed by atoms with E-state index in [-0.39, 0.29) is 18.3 Å². The van der Waals surface area contributed by atoms with Gasteiger partial charge in [0.1, 0.15) is 0 Å². The number of amides is 1. The van der Waals surface area contributed by atoms with Gasteiger partial charge in [0.25, 0.3) is 0 Å². The molecule has 0 unspecified atom stereocenters. The van der Waals surface area contributed by atoms with Crippen molar-refractivity contribution >= 4 is 18.3 Å². The lowest BCUT2D eigenvalue weighted by molar-refractivity contribution is -0.121. The van der Waals surface area contributed by atoms with E-state index in [2.05, 4.69) is 47.8 Å². The molecule has 3 nitrogen and oxygen atoms in total. The van der Waals surface area contributed by atoms with E-state index in [1.165, 1.54) is 27.8 Å². The van der Waals surface area contributed by atoms with Gasteiger partial charge in [-0.25, -0.2) is 0 Å². The van der Waals surface area contributed by atoms with Gasteiger partial charge in [-0.3, -0.25) is 4.79 Å². The summed E-state index contributed by atoms with van der Waals surface area (Å²) >= 11 is 0. The van der Waals surface area contributed by atoms with Gasteiger partial charge in [0.15, 0.2) is 0 Å². The third-order valence-corrected chi connectivity index (χ3v) is 4.44. The van der Waals surface area contributed by atoms with E-state index in [1.54, 1.807) is 0 Å². The van der Waals surface area contributed by atoms with Gasteiger partial charge in [-0.05, 0) is 60.0 Å². The van der Waals surface area contributed by atoms with Gasteiger partial charge in [-0.1, -0.05) is 42.5 Å². The Kier molecular flexibility index (Phi) is 6.83. The first-order valence-electron chi connectivity index (χ1n) is 8.45. The fourth-order valence-corrected chi connectivity index (χ4v) is 3.20. The van der Waals surface area contributed by atoms with Crippen LogP contribution in [0.1, 0.15) is 36.0 Å². The van der Waals surface area contributed by atoms with Crippen LogP contribution in [0.3, 0.4) is 0 Å². The number of nitrogens with two attached hydrogens (primary N) is 1. The Labute approximate surface area is 150 Å². The van der Waals surface area contributed by atoms with Crippen LogP contribution in [0.15, 0.2) is 42.5 Å². The number of nitrogens with one attached hydrogen (secondary N) is 1. The lowest BCUT2D eigenvalue weighted by atomic mass is 10.00. The molecule has 0 bridgehead atoms. The lowest BCUT2D eigenvalue weighted by Gasteiger charge is -2.07. The first kappa shape index (κ1) is 18.5. The van der Waals surface area contributed by atoms with Crippen molar-refractivity contribution in [3.8, 4) is 11.1 Å². The number of halogens is 1. The third kappa shape index (κ3) is 4.37. The van der Waals surface area contributed by atoms with Gasteiger partial charge in [-0.2, -0.15) is 0 Å². The van der Waals surface area contributed by atoms with E-state index in [0.29, 0.717) is 19.5 Å². The minimum Gasteiger partial charge on any atom is -0.356 e. The summed E-state index contributed by atoms with van der Waals surface area (Å²) < 4.78 is 0. The van der Waals surface area contributed by atoms with E-state index in [1.807, 2.05) is 0 Å². The van der Waals surface area contributed by atoms with Gasteiger partial charge in [-0.15, -0.1) is 12.4 Å². The minimum atomic E-state index is 0. The molecule has 0 saturated carbocycles. The van der Waals surface area contributed by atoms with Crippen molar-refractivity contribution < 1.29 is 4.79 Å². The molecule has 3 N–H and O–H groups in total. The Morgan fingerprint density at radius 3 is 2.67 bits per heavy atom. The quantitative estimate of drug-likeness (QED) is 0.645. The van der Waals surface area contributed by atoms with Gasteiger partial charge >= 0.3 is 0 Å². The summed E-state index contributed by atoms with van der Waals surface area (Å²) in [5, 5.41) is 2.91. The van der Waals surface area contributed by atoms with E-state index in [0.717, 1.165) is 25.7 Å². The van der Waals surface area contributed by atoms with E-state index < -0.39 is 0 Å². The first-order valence-corrected chi connectivity index (χ1v) is 8.45. The number of benzene rings is 2. The van der Waals surface area contributed by atoms with Crippen LogP contribution in [-0.2, 0) is 17.6 Å². The van der Waals surface area contributed by atoms with Crippen molar-refractivity contribution in [2.24, 2.45) is 5.73 Å². The molecule has 0 saturated heterocycles. The van der Waals surface area contributed by atoms with Gasteiger partial charge in [0.05, 0.1) is 0 Å². The molecular weight excluding hydrogens is 320 g/mol. The van der Waals surface area contributed by atoms with E-state index >= 15 is 0 Å². The molecule has 0 spiro atoms. The fourth-order valence-electron chi connectivity index (χ4n) is 3.20. The van der Waals surface area contributed by atoms with E-state index in [4.69, 9.17) is 5.73 Å². The van der Waals surface area contributed by atoms with Crippen molar-refractivity contribution in [3.63, 3.8) is 0 Å². The Bertz CT molecular complexity index is 700. The maximum Gasteiger partial charge on any atom is 0.220 e. The SMILES string of the molecule is Cl.NCCCNC(=O)CCCc1ccc2c(c1)-c1ccccc1C2. The largest absolute Gasteiger partial charge is 0.356 e. The van der Waals surface area contributed by atoms with Crippen LogP contribution in [0.2, 0.25) is 0 Å². The highest BCUT2D eigenvalue weighted by Crippen LogP contribution is 2.36. The van der Waals surface area contributed by atoms with Gasteiger partial charge in [0.2, 0.25) is 5.91 Å². The molecule has 3 rings (SSSR count). The molecule has 0 heterocycles. The summed E-state index contributed by atoms with van der Waals surface area (Å²) in [6, 6.07) is 15.4. The fraction of sp³-hybridized carbons (Fsp3) is 0.350. The van der Waals surface area contributed by atoms with Crippen molar-refractivity contribution in [1.82, 2.24) is 5.32 Å². The Morgan fingerprint density at radius 2 is 1.83 bits per heavy atom. The molecule has 0 aliphatic heterocycles. The second-order valence-corrected chi connectivity index (χ2v) is 6.17. The van der Waals surface area contributed by atoms with Gasteiger partial charge in [0, 0.05) is 13.0 Å². The number of carbonyl (C=O) groups is 1. The normalized spacial score (nSPS) is 11.4. The van der Waals surface area contributed by atoms with Crippen molar-refractivity contribution in [1.29, 1.82) is 0 Å². The number of hydrogen-bond donors (Lipinski definition) is 2. The Balaban J connectivity index is 0.00000208. The highest BCUT2D eigenvalue weighted by molar-refractivity contribution is 5.85. The van der Waals surface area contributed by atoms with Crippen LogP contribution in [0.4, 0.5) is 0 Å². The number of aryl methyl sites for hydroxylation is 1. The summed E-state index contributed by atoms with van der Waals surface area (Å²) in [6.45, 7) is 1.31. The van der Waals surface area contributed by atoms with Crippen LogP contribution < -0.4 is 11.1 Å². The van der Waals surface area contributed by atoms with Crippen molar-refractivity contribution in [3.05, 3.63) is 59.2 Å². The number of hydrogen-bond acceptors (Lipinski definition) is 2. The van der Waals surface area contributed by atoms with Crippen LogP contribution in [0.5, 0.6) is 0 Å². The average Bonchev–Trinajstić information content (AvgIpc) is 2.93. The molecule has 1 amide bonds. The van der Waals surface area contributed by atoms with Crippen LogP contribution in [0.25, 0.3) is 11.1 Å². The molecule has 1 aliphatic rings. The summed E-state index contributed by atoms with van der Waals surface area (Å²) in [7, 11) is 0. The summed E-state index contributed by atoms with van der Waals surface area (Å²) in [5.41, 5.74) is 12.3. The summed E-state index contributed by atoms with van der Waals surface area (Å²) in [4.78, 5) is 11.7. The molecule has 0 atom stereocenters. The predicted molar refractivity (Wildman–Crippen MR) is 102 cm³/mol. The zero-order chi connectivity index (χ0) is 16.1. The standard InChI is InChI=1S/C20H24N2O.ClH/c21-11-4-12-22-20(23)8-3-5-15-9-10-17-14-16-6-1-2-7-18(16)19(17)13-15;/h1-2,6-7,9-10,13H,3-5,8,11-12,14,21H2,(H,22,23);1H. The molecule has 0 radical (unpaired) electrons. The number of fused-ring (bicyclic) bond motifs is 3. The smallest absolute Gasteiger partial charge is 0.220 e. The molecule has 1 aliphatic carbocycles. The zero-order valence-corrected chi connectivity index (χ0v) is 14.7. The van der Waals surface area contributed by atoms with Crippen molar-refractivity contribution in [2.45, 2.75) is 32.1 Å². The molecule has 2 aromatic carbocycles. The van der Waals surface area contributed by atoms with Crippen LogP contribution >= 0.6 is 12.4 Å². The monoisotopic (exact) mass is 344 g/mol. The Morgan fingerprint density at radius 1 is 1.04 bits per heavy atom. The average molecular weight is 345 g/mol. The maximum atomic E-state index is 11.7. The topological polar surface area (TPSA) is 55.1 Å². The van der Waals surface area contributed by atoms with Crippen LogP contribution in [-0.4, -0.2) is 19.0 Å². The summed E-state index contributed by atoms with van der Waals surface area (Å²) in [6.07, 6.45) is 4.29. The van der Waals surface area contributed by atoms with E-state index in [9.17, 15) is 4.79 Å². The zero-order valence-electron chi connectivity index (χ0n) is 13.9. The number of rotatable bonds is 7. The molecule has 24 heavy (non-hydrogen) atoms. The minimum absolute atomic E-state index is 0. The van der Waals surface area contributed by atoms with Crippen LogP contribution in [0, 0.1) is 0 Å². The van der Waals surface area contributed by atoms with Gasteiger partial charge < -0.3 is 11.1 Å². The molecule has 0 fully saturated rings. The maximum absolute atomic E-state index is 11.7. The lowest BCUT2D eigenvalue weighted by Crippen LogP contribution is -2.25. The first-order chi connectivity index (χ1) is 11.3. The highest BCUT2D eigenvalue weighted by Gasteiger charge is 2.17. The van der Waals surface area contributed by atoms with Crippen molar-refractivity contribution in [2.75, 3.05) is 13.1 Å². The Hall–Kier alpha value is -1.84. The number of carbonyl (C=O) groups excluding carboxylic acids is 1.